The molecule has 0 aliphatic carbocycles. The lowest BCUT2D eigenvalue weighted by atomic mass is 10.2. The third-order valence-corrected chi connectivity index (χ3v) is 5.77. The number of amides is 1. The summed E-state index contributed by atoms with van der Waals surface area (Å²) in [5, 5.41) is 9.90. The summed E-state index contributed by atoms with van der Waals surface area (Å²) < 4.78 is 90.0. The first kappa shape index (κ1) is 30.1. The van der Waals surface area contributed by atoms with Crippen molar-refractivity contribution in [3.8, 4) is 11.5 Å². The highest BCUT2D eigenvalue weighted by atomic mass is 19.4. The van der Waals surface area contributed by atoms with Crippen molar-refractivity contribution in [2.75, 3.05) is 0 Å². The molecule has 2 aromatic carbocycles. The Bertz CT molecular complexity index is 1590. The van der Waals surface area contributed by atoms with Crippen molar-refractivity contribution in [3.05, 3.63) is 106 Å². The van der Waals surface area contributed by atoms with Crippen LogP contribution < -0.4 is 20.3 Å². The van der Waals surface area contributed by atoms with E-state index in [0.717, 1.165) is 28.9 Å². The van der Waals surface area contributed by atoms with Crippen molar-refractivity contribution in [3.63, 3.8) is 0 Å². The lowest BCUT2D eigenvalue weighted by molar-refractivity contribution is -0.274. The highest BCUT2D eigenvalue weighted by Gasteiger charge is 2.31. The van der Waals surface area contributed by atoms with Gasteiger partial charge in [0.2, 0.25) is 0 Å². The number of alkyl halides is 4. The van der Waals surface area contributed by atoms with Crippen LogP contribution in [0, 0.1) is 11.6 Å². The van der Waals surface area contributed by atoms with E-state index in [2.05, 4.69) is 20.4 Å². The van der Waals surface area contributed by atoms with E-state index in [0.29, 0.717) is 17.2 Å². The number of aryl methyl sites for hydroxylation is 1. The maximum absolute atomic E-state index is 14.6. The average Bonchev–Trinajstić information content (AvgIpc) is 3.38. The molecule has 1 unspecified atom stereocenters. The molecule has 15 heteroatoms. The number of hydrogen-bond donors (Lipinski definition) is 1. The topological polar surface area (TPSA) is 100 Å². The molecule has 1 N–H and O–H groups in total. The first-order valence-electron chi connectivity index (χ1n) is 12.4. The van der Waals surface area contributed by atoms with Gasteiger partial charge in [0, 0.05) is 31.4 Å². The van der Waals surface area contributed by atoms with Gasteiger partial charge in [-0.2, -0.15) is 0 Å². The van der Waals surface area contributed by atoms with Gasteiger partial charge in [-0.3, -0.25) is 9.59 Å². The number of nitrogens with one attached hydrogen (secondary N) is 1. The van der Waals surface area contributed by atoms with Crippen LogP contribution in [0.3, 0.4) is 0 Å². The van der Waals surface area contributed by atoms with Crippen LogP contribution in [0.2, 0.25) is 0 Å². The van der Waals surface area contributed by atoms with Crippen LogP contribution in [0.1, 0.15) is 28.0 Å². The molecule has 1 atom stereocenters. The van der Waals surface area contributed by atoms with Crippen LogP contribution in [0.4, 0.5) is 26.3 Å². The van der Waals surface area contributed by atoms with E-state index in [1.165, 1.54) is 35.2 Å². The van der Waals surface area contributed by atoms with Crippen LogP contribution in [-0.4, -0.2) is 38.0 Å². The lowest BCUT2D eigenvalue weighted by Crippen LogP contribution is -2.23. The van der Waals surface area contributed by atoms with Crippen molar-refractivity contribution < 1.29 is 40.6 Å². The van der Waals surface area contributed by atoms with Crippen LogP contribution in [0.25, 0.3) is 0 Å². The van der Waals surface area contributed by atoms with Crippen molar-refractivity contribution in [1.82, 2.24) is 24.9 Å². The summed E-state index contributed by atoms with van der Waals surface area (Å²) in [5.41, 5.74) is 0.226. The van der Waals surface area contributed by atoms with Gasteiger partial charge in [0.25, 0.3) is 11.5 Å². The lowest BCUT2D eigenvalue weighted by Gasteiger charge is -2.11. The number of ether oxygens (including phenoxy) is 2. The largest absolute Gasteiger partial charge is 0.573 e. The van der Waals surface area contributed by atoms with Crippen molar-refractivity contribution in [1.29, 1.82) is 0 Å². The van der Waals surface area contributed by atoms with E-state index in [-0.39, 0.29) is 44.1 Å². The summed E-state index contributed by atoms with van der Waals surface area (Å²) in [4.78, 5) is 24.7. The number of rotatable bonds is 12. The third-order valence-electron chi connectivity index (χ3n) is 5.77. The molecule has 0 fully saturated rings. The molecular weight excluding hydrogens is 572 g/mol. The van der Waals surface area contributed by atoms with Gasteiger partial charge >= 0.3 is 6.36 Å². The van der Waals surface area contributed by atoms with Gasteiger partial charge in [-0.25, -0.2) is 17.9 Å². The minimum Gasteiger partial charge on any atom is -0.486 e. The molecule has 2 aromatic heterocycles. The fourth-order valence-corrected chi connectivity index (χ4v) is 3.77. The SMILES string of the molecule is O=C(NCc1cccc(OC(F)(F)F)c1)c1cn(CC(F)CCn2ccc(COc3ccc(F)cc3F)cc2=O)nn1. The fourth-order valence-electron chi connectivity index (χ4n) is 3.77. The quantitative estimate of drug-likeness (QED) is 0.241. The number of carbonyl (C=O) groups excluding carboxylic acids is 1. The molecule has 4 rings (SSSR count). The fraction of sp³-hybridized carbons (Fsp3) is 0.259. The van der Waals surface area contributed by atoms with Crippen LogP contribution in [-0.2, 0) is 26.2 Å². The summed E-state index contributed by atoms with van der Waals surface area (Å²) in [6.07, 6.45) is -3.70. The molecule has 42 heavy (non-hydrogen) atoms. The smallest absolute Gasteiger partial charge is 0.486 e. The number of benzene rings is 2. The molecular formula is C27H23F6N5O4. The van der Waals surface area contributed by atoms with E-state index in [1.54, 1.807) is 6.07 Å². The minimum atomic E-state index is -4.85. The van der Waals surface area contributed by atoms with Crippen LogP contribution in [0.15, 0.2) is 71.8 Å². The molecule has 0 aliphatic rings. The van der Waals surface area contributed by atoms with Crippen LogP contribution in [0.5, 0.6) is 11.5 Å². The third kappa shape index (κ3) is 8.84. The van der Waals surface area contributed by atoms with E-state index >= 15 is 0 Å². The standard InChI is InChI=1S/C27H23F6N5O4/c28-19-4-5-24(22(30)12-19)41-16-18-6-8-37(25(39)11-18)9-7-20(29)14-38-15-23(35-36-38)26(40)34-13-17-2-1-3-21(10-17)42-27(31,32)33/h1-6,8,10-12,15,20H,7,9,13-14,16H2,(H,34,40). The summed E-state index contributed by atoms with van der Waals surface area (Å²) >= 11 is 0. The second-order valence-electron chi connectivity index (χ2n) is 9.02. The molecule has 0 radical (unpaired) electrons. The van der Waals surface area contributed by atoms with Crippen molar-refractivity contribution >= 4 is 5.91 Å². The molecule has 4 aromatic rings. The zero-order valence-corrected chi connectivity index (χ0v) is 21.7. The van der Waals surface area contributed by atoms with Crippen LogP contribution >= 0.6 is 0 Å². The van der Waals surface area contributed by atoms with Gasteiger partial charge < -0.3 is 19.4 Å². The molecule has 0 spiro atoms. The molecule has 0 saturated heterocycles. The number of nitrogens with zero attached hydrogens (tertiary/aromatic N) is 4. The van der Waals surface area contributed by atoms with Crippen molar-refractivity contribution in [2.45, 2.75) is 45.2 Å². The number of carbonyl (C=O) groups is 1. The number of pyridine rings is 1. The maximum atomic E-state index is 14.6. The second kappa shape index (κ2) is 13.2. The number of halogens is 6. The highest BCUT2D eigenvalue weighted by molar-refractivity contribution is 5.91. The van der Waals surface area contributed by atoms with Crippen molar-refractivity contribution in [2.24, 2.45) is 0 Å². The zero-order valence-electron chi connectivity index (χ0n) is 21.7. The summed E-state index contributed by atoms with van der Waals surface area (Å²) in [7, 11) is 0. The first-order chi connectivity index (χ1) is 19.9. The molecule has 0 bridgehead atoms. The zero-order chi connectivity index (χ0) is 30.3. The predicted octanol–water partition coefficient (Wildman–Crippen LogP) is 4.55. The number of aromatic nitrogens is 4. The predicted molar refractivity (Wildman–Crippen MR) is 135 cm³/mol. The molecule has 0 aliphatic heterocycles. The first-order valence-corrected chi connectivity index (χ1v) is 12.4. The van der Waals surface area contributed by atoms with Gasteiger partial charge in [-0.05, 0) is 47.9 Å². The van der Waals surface area contributed by atoms with Gasteiger partial charge in [-0.1, -0.05) is 17.3 Å². The van der Waals surface area contributed by atoms with Gasteiger partial charge in [0.05, 0.1) is 12.7 Å². The Kier molecular flexibility index (Phi) is 9.49. The molecule has 222 valence electrons. The Hall–Kier alpha value is -4.82. The van der Waals surface area contributed by atoms with Gasteiger partial charge in [0.1, 0.15) is 24.3 Å². The minimum absolute atomic E-state index is 0.0346. The Balaban J connectivity index is 1.23. The molecule has 9 nitrogen and oxygen atoms in total. The normalized spacial score (nSPS) is 12.1. The Morgan fingerprint density at radius 2 is 1.86 bits per heavy atom. The highest BCUT2D eigenvalue weighted by Crippen LogP contribution is 2.23. The van der Waals surface area contributed by atoms with E-state index in [1.807, 2.05) is 0 Å². The van der Waals surface area contributed by atoms with Gasteiger partial charge in [0.15, 0.2) is 17.3 Å². The van der Waals surface area contributed by atoms with E-state index in [9.17, 15) is 35.9 Å². The summed E-state index contributed by atoms with van der Waals surface area (Å²) in [6.45, 7) is -0.464. The number of hydrogen-bond acceptors (Lipinski definition) is 6. The van der Waals surface area contributed by atoms with E-state index in [4.69, 9.17) is 4.74 Å². The Morgan fingerprint density at radius 3 is 2.60 bits per heavy atom. The maximum Gasteiger partial charge on any atom is 0.573 e. The molecule has 0 saturated carbocycles. The molecule has 1 amide bonds. The van der Waals surface area contributed by atoms with E-state index < -0.39 is 41.4 Å². The molecule has 2 heterocycles. The Labute approximate surface area is 234 Å². The van der Waals surface area contributed by atoms with Gasteiger partial charge in [-0.15, -0.1) is 18.3 Å². The summed E-state index contributed by atoms with van der Waals surface area (Å²) in [6, 6.07) is 10.8. The second-order valence-corrected chi connectivity index (χ2v) is 9.02. The monoisotopic (exact) mass is 595 g/mol. The average molecular weight is 596 g/mol. The Morgan fingerprint density at radius 1 is 1.05 bits per heavy atom. The summed E-state index contributed by atoms with van der Waals surface area (Å²) in [5.74, 6) is -2.89.